The molecular weight excluding hydrogens is 364 g/mol. The lowest BCUT2D eigenvalue weighted by atomic mass is 9.82. The monoisotopic (exact) mass is 394 g/mol. The van der Waals surface area contributed by atoms with E-state index in [9.17, 15) is 4.79 Å². The number of primary amides is 1. The van der Waals surface area contributed by atoms with Crippen LogP contribution in [-0.4, -0.2) is 43.5 Å². The van der Waals surface area contributed by atoms with Gasteiger partial charge in [-0.05, 0) is 41.5 Å². The van der Waals surface area contributed by atoms with E-state index in [2.05, 4.69) is 52.5 Å². The summed E-state index contributed by atoms with van der Waals surface area (Å²) < 4.78 is 5.38. The molecule has 0 bridgehead atoms. The standard InChI is InChI=1S/C23H30N4O2/c1-17-15-27(12-11-21(17)19-8-4-3-5-9-19)23(25-2)26-14-18-7-6-10-20(13-18)29-16-22(24)28/h3-10,13,17,21H,11-12,14-16H2,1-2H3,(H2,24,28)(H,25,26). The molecule has 1 aliphatic rings. The zero-order chi connectivity index (χ0) is 20.6. The third-order valence-corrected chi connectivity index (χ3v) is 5.37. The Morgan fingerprint density at radius 3 is 2.72 bits per heavy atom. The smallest absolute Gasteiger partial charge is 0.255 e. The molecule has 2 aromatic carbocycles. The first-order valence-corrected chi connectivity index (χ1v) is 10.1. The molecule has 0 aromatic heterocycles. The lowest BCUT2D eigenvalue weighted by molar-refractivity contribution is -0.119. The van der Waals surface area contributed by atoms with Gasteiger partial charge in [-0.15, -0.1) is 0 Å². The number of likely N-dealkylation sites (tertiary alicyclic amines) is 1. The van der Waals surface area contributed by atoms with E-state index in [1.54, 1.807) is 0 Å². The summed E-state index contributed by atoms with van der Waals surface area (Å²) in [7, 11) is 1.82. The van der Waals surface area contributed by atoms with Crippen molar-refractivity contribution in [3.63, 3.8) is 0 Å². The number of nitrogens with zero attached hydrogens (tertiary/aromatic N) is 2. The molecule has 2 atom stereocenters. The highest BCUT2D eigenvalue weighted by Gasteiger charge is 2.28. The van der Waals surface area contributed by atoms with Gasteiger partial charge in [0.2, 0.25) is 0 Å². The zero-order valence-corrected chi connectivity index (χ0v) is 17.2. The number of hydrogen-bond donors (Lipinski definition) is 2. The number of benzene rings is 2. The Labute approximate surface area is 172 Å². The number of carbonyl (C=O) groups is 1. The molecule has 1 aliphatic heterocycles. The summed E-state index contributed by atoms with van der Waals surface area (Å²) in [5, 5.41) is 3.45. The zero-order valence-electron chi connectivity index (χ0n) is 17.2. The van der Waals surface area contributed by atoms with Crippen molar-refractivity contribution in [2.45, 2.75) is 25.8 Å². The predicted octanol–water partition coefficient (Wildman–Crippen LogP) is 2.75. The van der Waals surface area contributed by atoms with E-state index < -0.39 is 5.91 Å². The summed E-state index contributed by atoms with van der Waals surface area (Å²) in [6.45, 7) is 4.78. The van der Waals surface area contributed by atoms with Gasteiger partial charge in [0.05, 0.1) is 0 Å². The Balaban J connectivity index is 1.56. The summed E-state index contributed by atoms with van der Waals surface area (Å²) in [6.07, 6.45) is 1.11. The van der Waals surface area contributed by atoms with Gasteiger partial charge in [-0.25, -0.2) is 0 Å². The molecule has 0 saturated carbocycles. The Kier molecular flexibility index (Phi) is 7.11. The van der Waals surface area contributed by atoms with Crippen molar-refractivity contribution >= 4 is 11.9 Å². The molecule has 2 aromatic rings. The number of amides is 1. The molecule has 0 spiro atoms. The van der Waals surface area contributed by atoms with Crippen LogP contribution in [0.5, 0.6) is 5.75 Å². The van der Waals surface area contributed by atoms with Crippen molar-refractivity contribution in [2.24, 2.45) is 16.6 Å². The van der Waals surface area contributed by atoms with Crippen LogP contribution in [0.15, 0.2) is 59.6 Å². The molecule has 3 rings (SSSR count). The van der Waals surface area contributed by atoms with Crippen LogP contribution in [0.4, 0.5) is 0 Å². The van der Waals surface area contributed by atoms with Crippen LogP contribution in [-0.2, 0) is 11.3 Å². The molecule has 2 unspecified atom stereocenters. The highest BCUT2D eigenvalue weighted by molar-refractivity contribution is 5.80. The number of guanidine groups is 1. The number of rotatable bonds is 6. The molecule has 1 saturated heterocycles. The third-order valence-electron chi connectivity index (χ3n) is 5.37. The van der Waals surface area contributed by atoms with Crippen LogP contribution in [0.25, 0.3) is 0 Å². The Hall–Kier alpha value is -3.02. The molecule has 6 nitrogen and oxygen atoms in total. The second-order valence-corrected chi connectivity index (χ2v) is 7.53. The molecule has 1 heterocycles. The highest BCUT2D eigenvalue weighted by atomic mass is 16.5. The average molecular weight is 395 g/mol. The minimum Gasteiger partial charge on any atom is -0.484 e. The summed E-state index contributed by atoms with van der Waals surface area (Å²) in [5.74, 6) is 2.20. The van der Waals surface area contributed by atoms with Gasteiger partial charge >= 0.3 is 0 Å². The average Bonchev–Trinajstić information content (AvgIpc) is 2.74. The molecular formula is C23H30N4O2. The fraction of sp³-hybridized carbons (Fsp3) is 0.391. The normalized spacial score (nSPS) is 19.7. The van der Waals surface area contributed by atoms with Gasteiger partial charge in [-0.2, -0.15) is 0 Å². The van der Waals surface area contributed by atoms with Gasteiger partial charge < -0.3 is 20.7 Å². The number of carbonyl (C=O) groups excluding carboxylic acids is 1. The highest BCUT2D eigenvalue weighted by Crippen LogP contribution is 2.32. The van der Waals surface area contributed by atoms with Gasteiger partial charge in [-0.1, -0.05) is 49.4 Å². The second kappa shape index (κ2) is 9.96. The molecule has 6 heteroatoms. The van der Waals surface area contributed by atoms with E-state index in [-0.39, 0.29) is 6.61 Å². The van der Waals surface area contributed by atoms with Gasteiger partial charge in [0.1, 0.15) is 5.75 Å². The van der Waals surface area contributed by atoms with Crippen LogP contribution in [0.2, 0.25) is 0 Å². The quantitative estimate of drug-likeness (QED) is 0.583. The molecule has 0 aliphatic carbocycles. The fourth-order valence-electron chi connectivity index (χ4n) is 3.95. The van der Waals surface area contributed by atoms with Crippen molar-refractivity contribution in [1.29, 1.82) is 0 Å². The maximum Gasteiger partial charge on any atom is 0.255 e. The fourth-order valence-corrected chi connectivity index (χ4v) is 3.95. The summed E-state index contributed by atoms with van der Waals surface area (Å²) >= 11 is 0. The Bertz CT molecular complexity index is 838. The van der Waals surface area contributed by atoms with E-state index in [0.717, 1.165) is 31.0 Å². The molecule has 1 amide bonds. The molecule has 0 radical (unpaired) electrons. The van der Waals surface area contributed by atoms with Gasteiger partial charge in [-0.3, -0.25) is 9.79 Å². The van der Waals surface area contributed by atoms with Gasteiger partial charge in [0.15, 0.2) is 12.6 Å². The SMILES string of the molecule is CN=C(NCc1cccc(OCC(N)=O)c1)N1CCC(c2ccccc2)C(C)C1. The van der Waals surface area contributed by atoms with Gasteiger partial charge in [0.25, 0.3) is 5.91 Å². The number of piperidine rings is 1. The molecule has 1 fully saturated rings. The lowest BCUT2D eigenvalue weighted by Gasteiger charge is -2.39. The number of hydrogen-bond acceptors (Lipinski definition) is 3. The van der Waals surface area contributed by atoms with Crippen molar-refractivity contribution in [2.75, 3.05) is 26.7 Å². The first-order chi connectivity index (χ1) is 14.1. The van der Waals surface area contributed by atoms with E-state index in [1.807, 2.05) is 31.3 Å². The predicted molar refractivity (Wildman–Crippen MR) is 116 cm³/mol. The van der Waals surface area contributed by atoms with E-state index in [1.165, 1.54) is 5.56 Å². The first kappa shape index (κ1) is 20.7. The van der Waals surface area contributed by atoms with Crippen molar-refractivity contribution in [3.8, 4) is 5.75 Å². The maximum absolute atomic E-state index is 10.9. The third kappa shape index (κ3) is 5.73. The second-order valence-electron chi connectivity index (χ2n) is 7.53. The molecule has 154 valence electrons. The topological polar surface area (TPSA) is 80.0 Å². The van der Waals surface area contributed by atoms with Crippen LogP contribution in [0, 0.1) is 5.92 Å². The summed E-state index contributed by atoms with van der Waals surface area (Å²) in [6, 6.07) is 18.4. The summed E-state index contributed by atoms with van der Waals surface area (Å²) in [5.41, 5.74) is 7.62. The van der Waals surface area contributed by atoms with Crippen molar-refractivity contribution in [3.05, 3.63) is 65.7 Å². The molecule has 3 N–H and O–H groups in total. The number of nitrogens with one attached hydrogen (secondary N) is 1. The van der Waals surface area contributed by atoms with Crippen LogP contribution in [0.1, 0.15) is 30.4 Å². The van der Waals surface area contributed by atoms with E-state index in [4.69, 9.17) is 10.5 Å². The van der Waals surface area contributed by atoms with Crippen molar-refractivity contribution < 1.29 is 9.53 Å². The van der Waals surface area contributed by atoms with Crippen molar-refractivity contribution in [1.82, 2.24) is 10.2 Å². The first-order valence-electron chi connectivity index (χ1n) is 10.1. The van der Waals surface area contributed by atoms with Gasteiger partial charge in [0, 0.05) is 26.7 Å². The Morgan fingerprint density at radius 2 is 2.03 bits per heavy atom. The van der Waals surface area contributed by atoms with E-state index >= 15 is 0 Å². The summed E-state index contributed by atoms with van der Waals surface area (Å²) in [4.78, 5) is 17.7. The lowest BCUT2D eigenvalue weighted by Crippen LogP contribution is -2.47. The number of nitrogens with two attached hydrogens (primary N) is 1. The minimum atomic E-state index is -0.484. The van der Waals surface area contributed by atoms with Crippen LogP contribution < -0.4 is 15.8 Å². The maximum atomic E-state index is 10.9. The minimum absolute atomic E-state index is 0.118. The number of ether oxygens (including phenoxy) is 1. The number of aliphatic imine (C=N–C) groups is 1. The Morgan fingerprint density at radius 1 is 1.24 bits per heavy atom. The van der Waals surface area contributed by atoms with Crippen LogP contribution in [0.3, 0.4) is 0 Å². The van der Waals surface area contributed by atoms with E-state index in [0.29, 0.717) is 24.1 Å². The molecule has 29 heavy (non-hydrogen) atoms. The van der Waals surface area contributed by atoms with Crippen LogP contribution >= 0.6 is 0 Å². The largest absolute Gasteiger partial charge is 0.484 e.